The highest BCUT2D eigenvalue weighted by atomic mass is 31.3. The van der Waals surface area contributed by atoms with E-state index in [1.807, 2.05) is 4.98 Å². The summed E-state index contributed by atoms with van der Waals surface area (Å²) in [4.78, 5) is 101. The Morgan fingerprint density at radius 2 is 1.49 bits per heavy atom. The molecule has 5 aromatic heterocycles. The number of nitrogens with two attached hydrogens (primary N) is 2. The molecule has 0 bridgehead atoms. The van der Waals surface area contributed by atoms with E-state index in [1.54, 1.807) is 0 Å². The number of aryl methyl sites for hydroxylation is 1. The lowest BCUT2D eigenvalue weighted by Crippen LogP contribution is -2.45. The Morgan fingerprint density at radius 1 is 0.811 bits per heavy atom. The van der Waals surface area contributed by atoms with Crippen LogP contribution in [0, 0.1) is 5.92 Å². The van der Waals surface area contributed by atoms with E-state index in [9.17, 15) is 67.5 Å². The first-order chi connectivity index (χ1) is 34.7. The SMILES string of the molecule is COCC[C@H]1[C@@H](O)[C@H]([n+]2cn(C)c3c(=O)[nH]c(N)nc32)O[C@@H]1COP(=O)(O)OP(=O)(O)OP(=O)(O)OC[C@H]1O[C@@H](n2cnc3c(N)ncnc32)[C@H](OC)[C@@H]1P(=O)(O)CC[C@H]1O[C@@H](n2ccc(=O)[nH]c2=O)[C@H](O)[C@@H]1O. The van der Waals surface area contributed by atoms with Crippen LogP contribution >= 0.6 is 30.8 Å². The number of aromatic nitrogens is 10. The number of hydrogen-bond donors (Lipinski definition) is 11. The van der Waals surface area contributed by atoms with Crippen LogP contribution in [0.2, 0.25) is 0 Å². The number of rotatable bonds is 21. The maximum atomic E-state index is 14.5. The van der Waals surface area contributed by atoms with Gasteiger partial charge < -0.3 is 70.0 Å². The number of aromatic amines is 2. The number of ether oxygens (including phenoxy) is 5. The van der Waals surface area contributed by atoms with Crippen molar-refractivity contribution in [3.63, 3.8) is 0 Å². The zero-order valence-electron chi connectivity index (χ0n) is 38.7. The van der Waals surface area contributed by atoms with Crippen molar-refractivity contribution in [2.24, 2.45) is 13.0 Å². The molecule has 5 aromatic rings. The number of phosphoric ester groups is 2. The van der Waals surface area contributed by atoms with Crippen molar-refractivity contribution in [3.05, 3.63) is 62.4 Å². The van der Waals surface area contributed by atoms with Crippen molar-refractivity contribution < 1.29 is 99.1 Å². The smallest absolute Gasteiger partial charge is 0.388 e. The van der Waals surface area contributed by atoms with E-state index in [4.69, 9.17) is 44.2 Å². The molecular weight excluding hydrogens is 1080 g/mol. The summed E-state index contributed by atoms with van der Waals surface area (Å²) in [6.45, 7) is -2.11. The largest absolute Gasteiger partial charge is 0.490 e. The predicted octanol–water partition coefficient (Wildman–Crippen LogP) is -3.06. The van der Waals surface area contributed by atoms with E-state index in [-0.39, 0.29) is 47.1 Å². The van der Waals surface area contributed by atoms with Crippen molar-refractivity contribution in [1.29, 1.82) is 0 Å². The number of phosphoric acid groups is 3. The van der Waals surface area contributed by atoms with Gasteiger partial charge in [-0.2, -0.15) is 8.62 Å². The van der Waals surface area contributed by atoms with E-state index < -0.39 is 146 Å². The topological polar surface area (TPSA) is 498 Å². The Balaban J connectivity index is 0.959. The normalized spacial score (nSPS) is 30.6. The van der Waals surface area contributed by atoms with Crippen molar-refractivity contribution in [2.75, 3.05) is 51.7 Å². The van der Waals surface area contributed by atoms with Crippen LogP contribution in [0.1, 0.15) is 31.5 Å². The first-order valence-corrected chi connectivity index (χ1v) is 28.2. The quantitative estimate of drug-likeness (QED) is 0.0257. The number of hydrogen-bond acceptors (Lipinski definition) is 25. The lowest BCUT2D eigenvalue weighted by molar-refractivity contribution is -0.745. The third-order valence-corrected chi connectivity index (χ3v) is 19.1. The second-order valence-electron chi connectivity index (χ2n) is 17.1. The number of fused-ring (bicyclic) bond motifs is 2. The second-order valence-corrected chi connectivity index (χ2v) is 24.3. The van der Waals surface area contributed by atoms with Crippen LogP contribution in [0.25, 0.3) is 22.3 Å². The Kier molecular flexibility index (Phi) is 16.2. The molecule has 39 heteroatoms. The molecule has 3 saturated heterocycles. The molecular formula is C35H51N12O23P4+. The molecule has 16 atom stereocenters. The van der Waals surface area contributed by atoms with Crippen LogP contribution in [-0.4, -0.2) is 167 Å². The number of imidazole rings is 2. The van der Waals surface area contributed by atoms with E-state index in [0.717, 1.165) is 30.3 Å². The van der Waals surface area contributed by atoms with Crippen LogP contribution < -0.4 is 32.8 Å². The highest BCUT2D eigenvalue weighted by Gasteiger charge is 2.56. The molecule has 8 heterocycles. The first kappa shape index (κ1) is 55.7. The standard InChI is InChI=1S/C35H50N12O23P4/c1-44-14-47(29-21(44)30(52)43-34(37)42-29)31-22(49)15(5-8-62-2)17(67-31)10-64-72(56,57)69-74(60,61)70-73(58,59)65-11-18-26(25(63-3)33(68-18)46-13-40-20-27(36)38-12-39-28(20)46)71(54,55)9-6-16-23(50)24(51)32(66-16)45-7-4-19(48)41-35(45)53/h4,7,12-18,22-26,31-33,49-51H,5-6,8-11H2,1-3H3,(H9-,36,37,38,39,41,42,43,48,52,53,54,55,56,57,58,59,60,61)/p+1/t15-,16-,17-,18-,22-,23-,24-,25-,26-,31-,32-,33-/m1/s1. The van der Waals surface area contributed by atoms with Crippen LogP contribution in [-0.2, 0) is 66.7 Å². The molecule has 3 fully saturated rings. The van der Waals surface area contributed by atoms with Gasteiger partial charge >= 0.3 is 34.8 Å². The van der Waals surface area contributed by atoms with E-state index in [0.29, 0.717) is 0 Å². The third kappa shape index (κ3) is 11.4. The third-order valence-electron chi connectivity index (χ3n) is 12.4. The molecule has 35 nitrogen and oxygen atoms in total. The molecule has 0 aliphatic carbocycles. The van der Waals surface area contributed by atoms with Crippen LogP contribution in [0.5, 0.6) is 0 Å². The average Bonchev–Trinajstić information content (AvgIpc) is 4.12. The van der Waals surface area contributed by atoms with Gasteiger partial charge in [0, 0.05) is 45.2 Å². The molecule has 3 aliphatic rings. The zero-order chi connectivity index (χ0) is 53.8. The maximum absolute atomic E-state index is 14.5. The maximum Gasteiger partial charge on any atom is 0.490 e. The highest BCUT2D eigenvalue weighted by molar-refractivity contribution is 7.66. The van der Waals surface area contributed by atoms with E-state index >= 15 is 0 Å². The van der Waals surface area contributed by atoms with Gasteiger partial charge in [0.15, 0.2) is 30.2 Å². The van der Waals surface area contributed by atoms with Crippen molar-refractivity contribution in [1.82, 2.24) is 43.6 Å². The van der Waals surface area contributed by atoms with Crippen LogP contribution in [0.3, 0.4) is 0 Å². The fourth-order valence-electron chi connectivity index (χ4n) is 9.08. The fourth-order valence-corrected chi connectivity index (χ4v) is 14.9. The molecule has 13 N–H and O–H groups in total. The minimum absolute atomic E-state index is 0.00196. The van der Waals surface area contributed by atoms with Crippen LogP contribution in [0.15, 0.2) is 45.6 Å². The molecule has 3 aliphatic heterocycles. The molecule has 0 aromatic carbocycles. The van der Waals surface area contributed by atoms with Gasteiger partial charge in [-0.25, -0.2) is 38.0 Å². The van der Waals surface area contributed by atoms with Crippen molar-refractivity contribution in [2.45, 2.75) is 79.9 Å². The summed E-state index contributed by atoms with van der Waals surface area (Å²) < 4.78 is 106. The van der Waals surface area contributed by atoms with Gasteiger partial charge in [-0.05, 0) is 12.8 Å². The molecule has 0 amide bonds. The Labute approximate surface area is 413 Å². The number of H-pyrrole nitrogens is 2. The molecule has 74 heavy (non-hydrogen) atoms. The Hall–Kier alpha value is -4.54. The number of nitrogens with zero attached hydrogens (tertiary/aromatic N) is 8. The summed E-state index contributed by atoms with van der Waals surface area (Å²) in [7, 11) is -18.7. The van der Waals surface area contributed by atoms with Gasteiger partial charge in [-0.1, -0.05) is 4.98 Å². The second kappa shape index (κ2) is 21.5. The molecule has 0 saturated carbocycles. The lowest BCUT2D eigenvalue weighted by Gasteiger charge is -2.28. The molecule has 0 radical (unpaired) electrons. The summed E-state index contributed by atoms with van der Waals surface area (Å²) in [6.07, 6.45) is -11.7. The Bertz CT molecular complexity index is 3260. The number of anilines is 2. The summed E-state index contributed by atoms with van der Waals surface area (Å²) in [5.74, 6) is -1.25. The number of aliphatic hydroxyl groups excluding tert-OH is 3. The van der Waals surface area contributed by atoms with Gasteiger partial charge in [0.1, 0.15) is 36.3 Å². The van der Waals surface area contributed by atoms with Crippen molar-refractivity contribution >= 4 is 64.9 Å². The zero-order valence-corrected chi connectivity index (χ0v) is 42.3. The molecule has 408 valence electrons. The fraction of sp³-hybridized carbons (Fsp3) is 0.600. The van der Waals surface area contributed by atoms with E-state index in [2.05, 4.69) is 33.5 Å². The number of aliphatic hydroxyl groups is 3. The van der Waals surface area contributed by atoms with Gasteiger partial charge in [0.25, 0.3) is 17.1 Å². The lowest BCUT2D eigenvalue weighted by atomic mass is 9.95. The van der Waals surface area contributed by atoms with Crippen molar-refractivity contribution in [3.8, 4) is 0 Å². The predicted molar refractivity (Wildman–Crippen MR) is 244 cm³/mol. The summed E-state index contributed by atoms with van der Waals surface area (Å²) in [5, 5.41) is 33.0. The van der Waals surface area contributed by atoms with Gasteiger partial charge in [-0.15, -0.1) is 0 Å². The summed E-state index contributed by atoms with van der Waals surface area (Å²) in [5.41, 5.74) is 7.74. The minimum Gasteiger partial charge on any atom is -0.388 e. The highest BCUT2D eigenvalue weighted by Crippen LogP contribution is 2.68. The van der Waals surface area contributed by atoms with Gasteiger partial charge in [0.05, 0.1) is 50.6 Å². The van der Waals surface area contributed by atoms with Gasteiger partial charge in [-0.3, -0.25) is 46.9 Å². The Morgan fingerprint density at radius 3 is 2.15 bits per heavy atom. The minimum atomic E-state index is -6.16. The average molecular weight is 1130 g/mol. The number of nitrogen functional groups attached to an aromatic ring is 2. The molecule has 8 rings (SSSR count). The number of methoxy groups -OCH3 is 2. The first-order valence-electron chi connectivity index (χ1n) is 21.8. The number of nitrogens with one attached hydrogen (secondary N) is 2. The monoisotopic (exact) mass is 1130 g/mol. The summed E-state index contributed by atoms with van der Waals surface area (Å²) >= 11 is 0. The molecule has 4 unspecified atom stereocenters. The van der Waals surface area contributed by atoms with Crippen LogP contribution in [0.4, 0.5) is 11.8 Å². The van der Waals surface area contributed by atoms with Gasteiger partial charge in [0.2, 0.25) is 19.1 Å². The molecule has 0 spiro atoms. The van der Waals surface area contributed by atoms with E-state index in [1.165, 1.54) is 40.5 Å². The summed E-state index contributed by atoms with van der Waals surface area (Å²) in [6, 6.07) is 0.959.